The summed E-state index contributed by atoms with van der Waals surface area (Å²) in [7, 11) is 3.12. The minimum Gasteiger partial charge on any atom is -0.497 e. The third-order valence-corrected chi connectivity index (χ3v) is 7.44. The van der Waals surface area contributed by atoms with E-state index in [2.05, 4.69) is 5.32 Å². The Morgan fingerprint density at radius 1 is 0.905 bits per heavy atom. The molecule has 0 aromatic heterocycles. The number of carbonyl (C=O) groups is 2. The van der Waals surface area contributed by atoms with Crippen LogP contribution in [0.2, 0.25) is 0 Å². The van der Waals surface area contributed by atoms with Gasteiger partial charge in [0.05, 0.1) is 33.3 Å². The number of ether oxygens (including phenoxy) is 2. The lowest BCUT2D eigenvalue weighted by atomic mass is 9.83. The van der Waals surface area contributed by atoms with Gasteiger partial charge in [-0.2, -0.15) is 0 Å². The molecule has 0 bridgehead atoms. The number of anilines is 1. The number of amides is 2. The van der Waals surface area contributed by atoms with Crippen molar-refractivity contribution in [1.29, 1.82) is 0 Å². The Balaban J connectivity index is 1.28. The van der Waals surface area contributed by atoms with Crippen molar-refractivity contribution in [2.24, 2.45) is 4.99 Å². The first-order valence-corrected chi connectivity index (χ1v) is 13.6. The molecule has 5 rings (SSSR count). The minimum atomic E-state index is -1.22. The second-order valence-electron chi connectivity index (χ2n) is 10.1. The summed E-state index contributed by atoms with van der Waals surface area (Å²) in [5, 5.41) is 14.0. The van der Waals surface area contributed by atoms with Gasteiger partial charge in [0.2, 0.25) is 5.91 Å². The molecule has 1 aliphatic heterocycles. The van der Waals surface area contributed by atoms with Gasteiger partial charge in [0.15, 0.2) is 5.54 Å². The largest absolute Gasteiger partial charge is 0.497 e. The van der Waals surface area contributed by atoms with Gasteiger partial charge in [0, 0.05) is 17.3 Å². The van der Waals surface area contributed by atoms with E-state index in [9.17, 15) is 14.7 Å². The Bertz CT molecular complexity index is 1550. The summed E-state index contributed by atoms with van der Waals surface area (Å²) in [6.45, 7) is 1.83. The van der Waals surface area contributed by atoms with Crippen LogP contribution in [-0.4, -0.2) is 48.4 Å². The van der Waals surface area contributed by atoms with Gasteiger partial charge in [0.1, 0.15) is 17.3 Å². The number of benzene rings is 4. The molecule has 2 N–H and O–H groups in total. The van der Waals surface area contributed by atoms with Crippen molar-refractivity contribution < 1.29 is 24.2 Å². The molecule has 0 fully saturated rings. The maximum atomic E-state index is 14.0. The first kappa shape index (κ1) is 28.6. The molecule has 0 spiro atoms. The van der Waals surface area contributed by atoms with E-state index in [1.165, 1.54) is 0 Å². The monoisotopic (exact) mass is 563 g/mol. The Morgan fingerprint density at radius 2 is 1.52 bits per heavy atom. The zero-order chi connectivity index (χ0) is 29.7. The lowest BCUT2D eigenvalue weighted by molar-refractivity contribution is -0.131. The summed E-state index contributed by atoms with van der Waals surface area (Å²) in [5.74, 6) is 1.33. The van der Waals surface area contributed by atoms with Crippen molar-refractivity contribution in [2.75, 3.05) is 26.1 Å². The fourth-order valence-corrected chi connectivity index (χ4v) is 5.25. The second kappa shape index (κ2) is 12.3. The standard InChI is InChI=1S/C34H33N3O5/c1-23-36-34(26-10-6-4-7-11-26,27-12-8-5-9-13-27)33(40)37(23)22-30(38)24-14-17-28(18-15-24)35-32(39)20-25-16-19-29(41-2)21-31(25)42-3/h4-19,21,30,38H,20,22H2,1-3H3,(H,35,39). The molecule has 1 aliphatic rings. The van der Waals surface area contributed by atoms with E-state index in [0.717, 1.165) is 16.7 Å². The fourth-order valence-electron chi connectivity index (χ4n) is 5.25. The van der Waals surface area contributed by atoms with Gasteiger partial charge in [-0.3, -0.25) is 14.5 Å². The number of aliphatic hydroxyl groups is 1. The maximum Gasteiger partial charge on any atom is 0.265 e. The molecule has 2 amide bonds. The van der Waals surface area contributed by atoms with Crippen molar-refractivity contribution in [3.8, 4) is 11.5 Å². The quantitative estimate of drug-likeness (QED) is 0.279. The van der Waals surface area contributed by atoms with Gasteiger partial charge in [-0.05, 0) is 41.8 Å². The van der Waals surface area contributed by atoms with E-state index in [0.29, 0.717) is 28.6 Å². The molecule has 0 saturated carbocycles. The van der Waals surface area contributed by atoms with Crippen LogP contribution in [0.25, 0.3) is 0 Å². The molecule has 4 aromatic rings. The Hall–Kier alpha value is -4.95. The SMILES string of the molecule is COc1ccc(CC(=O)Nc2ccc(C(O)CN3C(=O)C(c4ccccc4)(c4ccccc4)N=C3C)cc2)c(OC)c1. The second-order valence-corrected chi connectivity index (χ2v) is 10.1. The molecule has 8 heteroatoms. The molecule has 8 nitrogen and oxygen atoms in total. The number of amidine groups is 1. The van der Waals surface area contributed by atoms with Crippen molar-refractivity contribution in [3.05, 3.63) is 125 Å². The maximum absolute atomic E-state index is 14.0. The van der Waals surface area contributed by atoms with Gasteiger partial charge in [0.25, 0.3) is 5.91 Å². The third kappa shape index (κ3) is 5.62. The van der Waals surface area contributed by atoms with Crippen molar-refractivity contribution in [2.45, 2.75) is 25.0 Å². The average Bonchev–Trinajstić information content (AvgIpc) is 3.28. The van der Waals surface area contributed by atoms with E-state index in [-0.39, 0.29) is 24.8 Å². The topological polar surface area (TPSA) is 100 Å². The fraction of sp³-hybridized carbons (Fsp3) is 0.206. The number of nitrogens with zero attached hydrogens (tertiary/aromatic N) is 2. The smallest absolute Gasteiger partial charge is 0.265 e. The Labute approximate surface area is 245 Å². The van der Waals surface area contributed by atoms with Crippen LogP contribution in [0.5, 0.6) is 11.5 Å². The zero-order valence-corrected chi connectivity index (χ0v) is 23.8. The molecule has 4 aromatic carbocycles. The number of aliphatic hydroxyl groups excluding tert-OH is 1. The summed E-state index contributed by atoms with van der Waals surface area (Å²) in [5.41, 5.74) is 2.26. The normalized spacial score (nSPS) is 14.7. The highest BCUT2D eigenvalue weighted by atomic mass is 16.5. The lowest BCUT2D eigenvalue weighted by Gasteiger charge is -2.28. The molecule has 42 heavy (non-hydrogen) atoms. The molecule has 1 atom stereocenters. The molecule has 0 aliphatic carbocycles. The number of hydrogen-bond donors (Lipinski definition) is 2. The lowest BCUT2D eigenvalue weighted by Crippen LogP contribution is -2.43. The van der Waals surface area contributed by atoms with Crippen LogP contribution in [0, 0.1) is 0 Å². The van der Waals surface area contributed by atoms with E-state index < -0.39 is 11.6 Å². The van der Waals surface area contributed by atoms with Crippen LogP contribution in [0.3, 0.4) is 0 Å². The van der Waals surface area contributed by atoms with Gasteiger partial charge in [-0.1, -0.05) is 78.9 Å². The van der Waals surface area contributed by atoms with Crippen molar-refractivity contribution >= 4 is 23.3 Å². The van der Waals surface area contributed by atoms with Crippen LogP contribution in [0.15, 0.2) is 108 Å². The first-order valence-electron chi connectivity index (χ1n) is 13.6. The number of hydrogen-bond acceptors (Lipinski definition) is 6. The summed E-state index contributed by atoms with van der Waals surface area (Å²) in [4.78, 5) is 33.2. The van der Waals surface area contributed by atoms with Gasteiger partial charge >= 0.3 is 0 Å². The highest BCUT2D eigenvalue weighted by Crippen LogP contribution is 2.40. The molecule has 1 heterocycles. The molecular formula is C34H33N3O5. The number of carbonyl (C=O) groups excluding carboxylic acids is 2. The molecule has 0 radical (unpaired) electrons. The van der Waals surface area contributed by atoms with Crippen molar-refractivity contribution in [3.63, 3.8) is 0 Å². The predicted octanol–water partition coefficient (Wildman–Crippen LogP) is 5.12. The summed E-state index contributed by atoms with van der Waals surface area (Å²) >= 11 is 0. The Kier molecular flexibility index (Phi) is 8.36. The highest BCUT2D eigenvalue weighted by molar-refractivity contribution is 6.09. The molecule has 0 saturated heterocycles. The number of aliphatic imine (C=N–C) groups is 1. The summed E-state index contributed by atoms with van der Waals surface area (Å²) < 4.78 is 10.6. The minimum absolute atomic E-state index is 0.0402. The molecule has 1 unspecified atom stereocenters. The highest BCUT2D eigenvalue weighted by Gasteiger charge is 2.50. The van der Waals surface area contributed by atoms with Crippen LogP contribution in [-0.2, 0) is 21.5 Å². The van der Waals surface area contributed by atoms with Crippen LogP contribution < -0.4 is 14.8 Å². The van der Waals surface area contributed by atoms with Crippen LogP contribution >= 0.6 is 0 Å². The van der Waals surface area contributed by atoms with E-state index in [4.69, 9.17) is 14.5 Å². The summed E-state index contributed by atoms with van der Waals surface area (Å²) in [6.07, 6.45) is -0.840. The number of rotatable bonds is 10. The molecular weight excluding hydrogens is 530 g/mol. The number of β-amino-alcohol motifs (C(OH)–C–C–N with tert-alkyl or cyclic N) is 1. The zero-order valence-electron chi connectivity index (χ0n) is 23.8. The van der Waals surface area contributed by atoms with E-state index in [1.54, 1.807) is 68.5 Å². The first-order chi connectivity index (χ1) is 20.3. The number of nitrogens with one attached hydrogen (secondary N) is 1. The predicted molar refractivity (Wildman–Crippen MR) is 162 cm³/mol. The van der Waals surface area contributed by atoms with Gasteiger partial charge in [-0.25, -0.2) is 4.99 Å². The van der Waals surface area contributed by atoms with E-state index in [1.807, 2.05) is 60.7 Å². The van der Waals surface area contributed by atoms with Crippen molar-refractivity contribution in [1.82, 2.24) is 4.90 Å². The number of methoxy groups -OCH3 is 2. The van der Waals surface area contributed by atoms with Crippen LogP contribution in [0.4, 0.5) is 5.69 Å². The van der Waals surface area contributed by atoms with Gasteiger partial charge in [-0.15, -0.1) is 0 Å². The third-order valence-electron chi connectivity index (χ3n) is 7.44. The van der Waals surface area contributed by atoms with Gasteiger partial charge < -0.3 is 19.9 Å². The summed E-state index contributed by atoms with van der Waals surface area (Å²) in [6, 6.07) is 31.2. The Morgan fingerprint density at radius 3 is 2.10 bits per heavy atom. The molecule has 214 valence electrons. The average molecular weight is 564 g/mol. The van der Waals surface area contributed by atoms with Crippen LogP contribution in [0.1, 0.15) is 35.3 Å². The van der Waals surface area contributed by atoms with E-state index >= 15 is 0 Å².